The van der Waals surface area contributed by atoms with E-state index in [4.69, 9.17) is 19.2 Å². The van der Waals surface area contributed by atoms with Gasteiger partial charge in [-0.3, -0.25) is 4.90 Å². The third-order valence-corrected chi connectivity index (χ3v) is 10.3. The van der Waals surface area contributed by atoms with E-state index in [0.717, 1.165) is 38.6 Å². The van der Waals surface area contributed by atoms with Gasteiger partial charge in [-0.1, -0.05) is 18.6 Å². The molecular formula is C37H45F2N5O6. The third-order valence-electron chi connectivity index (χ3n) is 10.3. The zero-order chi connectivity index (χ0) is 35.4. The molecule has 4 aromatic rings. The van der Waals surface area contributed by atoms with Crippen molar-refractivity contribution >= 4 is 27.5 Å². The number of β-amino-alcohol motifs (C(OH)–C–C–N with tert-alkyl or cyclic N) is 2. The number of hydrogen-bond donors (Lipinski definition) is 3. The van der Waals surface area contributed by atoms with Crippen LogP contribution in [0.5, 0.6) is 17.6 Å². The molecule has 0 radical (unpaired) electrons. The summed E-state index contributed by atoms with van der Waals surface area (Å²) in [5, 5.41) is 32.9. The van der Waals surface area contributed by atoms with E-state index in [1.165, 1.54) is 31.4 Å². The Bertz CT molecular complexity index is 1920. The van der Waals surface area contributed by atoms with Gasteiger partial charge in [0.1, 0.15) is 39.6 Å². The van der Waals surface area contributed by atoms with Crippen LogP contribution < -0.4 is 14.4 Å². The Balaban J connectivity index is 1.37. The molecule has 50 heavy (non-hydrogen) atoms. The van der Waals surface area contributed by atoms with Crippen LogP contribution in [0.3, 0.4) is 0 Å². The summed E-state index contributed by atoms with van der Waals surface area (Å²) >= 11 is 0. The summed E-state index contributed by atoms with van der Waals surface area (Å²) < 4.78 is 50.2. The highest BCUT2D eigenvalue weighted by Crippen LogP contribution is 2.49. The molecule has 1 aliphatic carbocycles. The molecule has 2 saturated heterocycles. The van der Waals surface area contributed by atoms with E-state index in [1.54, 1.807) is 17.9 Å². The number of likely N-dealkylation sites (tertiary alicyclic amines) is 1. The predicted octanol–water partition coefficient (Wildman–Crippen LogP) is 5.21. The van der Waals surface area contributed by atoms with E-state index in [1.807, 2.05) is 13.8 Å². The maximum atomic E-state index is 17.0. The van der Waals surface area contributed by atoms with Gasteiger partial charge in [0, 0.05) is 35.5 Å². The molecule has 268 valence electrons. The first-order chi connectivity index (χ1) is 23.8. The van der Waals surface area contributed by atoms with Crippen LogP contribution in [-0.2, 0) is 4.74 Å². The molecule has 3 aliphatic rings. The van der Waals surface area contributed by atoms with Gasteiger partial charge in [-0.2, -0.15) is 9.97 Å². The summed E-state index contributed by atoms with van der Waals surface area (Å²) in [6.07, 6.45) is 4.86. The smallest absolute Gasteiger partial charge is 0.319 e. The quantitative estimate of drug-likeness (QED) is 0.225. The fourth-order valence-corrected chi connectivity index (χ4v) is 8.37. The number of aromatic hydroxyl groups is 1. The van der Waals surface area contributed by atoms with Crippen LogP contribution in [0.15, 0.2) is 30.3 Å². The Labute approximate surface area is 289 Å². The summed E-state index contributed by atoms with van der Waals surface area (Å²) in [6, 6.07) is 7.24. The highest BCUT2D eigenvalue weighted by molar-refractivity contribution is 6.02. The number of phenolic OH excluding ortho intramolecular Hbond substituents is 1. The Morgan fingerprint density at radius 3 is 2.66 bits per heavy atom. The number of rotatable bonds is 8. The number of methoxy groups -OCH3 is 1. The number of benzene rings is 2. The molecule has 3 fully saturated rings. The molecule has 0 spiro atoms. The Kier molecular flexibility index (Phi) is 8.98. The summed E-state index contributed by atoms with van der Waals surface area (Å²) in [6.45, 7) is 7.88. The van der Waals surface area contributed by atoms with Crippen LogP contribution in [0, 0.1) is 17.0 Å². The minimum Gasteiger partial charge on any atom is -0.508 e. The number of pyridine rings is 1. The van der Waals surface area contributed by atoms with Crippen LogP contribution in [0.25, 0.3) is 32.9 Å². The highest BCUT2D eigenvalue weighted by Gasteiger charge is 2.49. The SMILES string of the molecule is COc1nc(-c2cc(O)cc3cccc(F)c23)c(F)c2nc(OC[C@]34CCC[C@H]3N(CC(C)(C)O)CCC4)nc(N3CCOC[C@@](C)(O)C3)c12. The second-order valence-electron chi connectivity index (χ2n) is 15.1. The van der Waals surface area contributed by atoms with Crippen molar-refractivity contribution in [1.29, 1.82) is 0 Å². The maximum Gasteiger partial charge on any atom is 0.319 e. The lowest BCUT2D eigenvalue weighted by Crippen LogP contribution is -2.55. The maximum absolute atomic E-state index is 17.0. The number of nitrogens with zero attached hydrogens (tertiary/aromatic N) is 5. The number of anilines is 1. The van der Waals surface area contributed by atoms with Crippen molar-refractivity contribution in [3.05, 3.63) is 42.0 Å². The third kappa shape index (κ3) is 6.52. The molecule has 2 aromatic carbocycles. The molecule has 4 heterocycles. The molecule has 2 aliphatic heterocycles. The molecule has 7 rings (SSSR count). The number of fused-ring (bicyclic) bond motifs is 3. The molecule has 13 heteroatoms. The number of phenols is 1. The van der Waals surface area contributed by atoms with Gasteiger partial charge in [-0.25, -0.2) is 13.8 Å². The molecule has 2 aromatic heterocycles. The zero-order valence-electron chi connectivity index (χ0n) is 29.0. The first-order valence-corrected chi connectivity index (χ1v) is 17.3. The largest absolute Gasteiger partial charge is 0.508 e. The van der Waals surface area contributed by atoms with Crippen LogP contribution in [0.4, 0.5) is 14.6 Å². The van der Waals surface area contributed by atoms with Crippen LogP contribution >= 0.6 is 0 Å². The Hall–Kier alpha value is -3.91. The predicted molar refractivity (Wildman–Crippen MR) is 185 cm³/mol. The van der Waals surface area contributed by atoms with Crippen LogP contribution in [0.2, 0.25) is 0 Å². The lowest BCUT2D eigenvalue weighted by Gasteiger charge is -2.47. The van der Waals surface area contributed by atoms with Gasteiger partial charge >= 0.3 is 6.01 Å². The monoisotopic (exact) mass is 693 g/mol. The van der Waals surface area contributed by atoms with E-state index in [2.05, 4.69) is 14.9 Å². The van der Waals surface area contributed by atoms with E-state index in [-0.39, 0.29) is 82.2 Å². The van der Waals surface area contributed by atoms with E-state index in [9.17, 15) is 15.3 Å². The molecule has 3 N–H and O–H groups in total. The van der Waals surface area contributed by atoms with Gasteiger partial charge in [0.2, 0.25) is 5.88 Å². The van der Waals surface area contributed by atoms with Crippen molar-refractivity contribution in [1.82, 2.24) is 19.9 Å². The average Bonchev–Trinajstić information content (AvgIpc) is 3.41. The molecule has 0 unspecified atom stereocenters. The van der Waals surface area contributed by atoms with Gasteiger partial charge in [-0.05, 0) is 76.6 Å². The normalized spacial score (nSPS) is 24.8. The summed E-state index contributed by atoms with van der Waals surface area (Å²) in [5.41, 5.74) is -2.66. The topological polar surface area (TPSA) is 134 Å². The van der Waals surface area contributed by atoms with Gasteiger partial charge in [-0.15, -0.1) is 0 Å². The number of aliphatic hydroxyl groups is 2. The van der Waals surface area contributed by atoms with Crippen LogP contribution in [0.1, 0.15) is 52.9 Å². The lowest BCUT2D eigenvalue weighted by atomic mass is 9.75. The van der Waals surface area contributed by atoms with Gasteiger partial charge in [0.25, 0.3) is 0 Å². The highest BCUT2D eigenvalue weighted by atomic mass is 19.1. The zero-order valence-corrected chi connectivity index (χ0v) is 29.0. The number of aromatic nitrogens is 3. The van der Waals surface area contributed by atoms with Crippen LogP contribution in [-0.4, -0.2) is 106 Å². The number of ether oxygens (including phenoxy) is 3. The van der Waals surface area contributed by atoms with E-state index >= 15 is 8.78 Å². The minimum absolute atomic E-state index is 0.0143. The second-order valence-corrected chi connectivity index (χ2v) is 15.1. The van der Waals surface area contributed by atoms with Crippen molar-refractivity contribution in [2.45, 2.75) is 70.1 Å². The molecular weight excluding hydrogens is 648 g/mol. The van der Waals surface area contributed by atoms with Gasteiger partial charge in [0.15, 0.2) is 5.82 Å². The molecule has 3 atom stereocenters. The molecule has 1 saturated carbocycles. The van der Waals surface area contributed by atoms with E-state index in [0.29, 0.717) is 25.1 Å². The summed E-state index contributed by atoms with van der Waals surface area (Å²) in [4.78, 5) is 18.1. The average molecular weight is 694 g/mol. The molecule has 0 bridgehead atoms. The van der Waals surface area contributed by atoms with Gasteiger partial charge in [0.05, 0.1) is 39.1 Å². The lowest BCUT2D eigenvalue weighted by molar-refractivity contribution is -0.0431. The number of halogens is 2. The van der Waals surface area contributed by atoms with Crippen molar-refractivity contribution in [3.8, 4) is 28.9 Å². The minimum atomic E-state index is -1.24. The fraction of sp³-hybridized carbons (Fsp3) is 0.541. The fourth-order valence-electron chi connectivity index (χ4n) is 8.37. The van der Waals surface area contributed by atoms with Gasteiger partial charge < -0.3 is 34.4 Å². The summed E-state index contributed by atoms with van der Waals surface area (Å²) in [5.74, 6) is -1.42. The van der Waals surface area contributed by atoms with E-state index < -0.39 is 22.8 Å². The molecule has 11 nitrogen and oxygen atoms in total. The Morgan fingerprint density at radius 2 is 1.88 bits per heavy atom. The van der Waals surface area contributed by atoms with Crippen molar-refractivity contribution in [3.63, 3.8) is 0 Å². The van der Waals surface area contributed by atoms with Crippen molar-refractivity contribution in [2.24, 2.45) is 5.41 Å². The first-order valence-electron chi connectivity index (χ1n) is 17.3. The Morgan fingerprint density at radius 1 is 1.08 bits per heavy atom. The standard InChI is InChI=1S/C37H45F2N5O6/c1-35(2,46)18-43-13-7-12-37(11-6-10-26(37)43)21-50-34-41-31-28(32(42-34)44-14-15-49-20-36(3,47)19-44)33(48-4)40-30(29(31)39)24-17-23(45)16-22-8-5-9-25(38)27(22)24/h5,8-9,16-17,26,45-47H,6-7,10-15,18-21H2,1-4H3/t26-,36+,37-/m1/s1. The molecule has 0 amide bonds. The second kappa shape index (κ2) is 13.0. The number of piperidine rings is 1. The first kappa shape index (κ1) is 34.5. The summed E-state index contributed by atoms with van der Waals surface area (Å²) in [7, 11) is 1.39. The van der Waals surface area contributed by atoms with Crippen molar-refractivity contribution in [2.75, 3.05) is 58.0 Å². The van der Waals surface area contributed by atoms with Crippen molar-refractivity contribution < 1.29 is 38.3 Å². The number of hydrogen-bond acceptors (Lipinski definition) is 11.